The summed E-state index contributed by atoms with van der Waals surface area (Å²) in [5, 5.41) is 4.19. The van der Waals surface area contributed by atoms with Crippen LogP contribution < -0.4 is 9.80 Å². The maximum atomic E-state index is 11.2. The largest absolute Gasteiger partial charge is 0.378 e. The zero-order chi connectivity index (χ0) is 73.4. The molecule has 0 spiro atoms. The van der Waals surface area contributed by atoms with Crippen LogP contribution in [0.5, 0.6) is 0 Å². The molecule has 0 radical (unpaired) electrons. The van der Waals surface area contributed by atoms with Crippen molar-refractivity contribution < 1.29 is 47.8 Å². The molecule has 2 fully saturated rings. The van der Waals surface area contributed by atoms with Gasteiger partial charge in [-0.2, -0.15) is 0 Å². The number of nitrogens with zero attached hydrogens (tertiary/aromatic N) is 2. The van der Waals surface area contributed by atoms with Crippen molar-refractivity contribution in [1.82, 2.24) is 0 Å². The number of morpholine rings is 2. The van der Waals surface area contributed by atoms with Crippen LogP contribution >= 0.6 is 11.3 Å². The van der Waals surface area contributed by atoms with Gasteiger partial charge in [-0.1, -0.05) is 163 Å². The molecule has 520 valence electrons. The first-order valence-electron chi connectivity index (χ1n) is 33.5. The van der Waals surface area contributed by atoms with Gasteiger partial charge in [0.25, 0.3) is 0 Å². The summed E-state index contributed by atoms with van der Waals surface area (Å²) in [6.07, 6.45) is 0.512. The molecule has 0 N–H and O–H groups in total. The van der Waals surface area contributed by atoms with Crippen molar-refractivity contribution >= 4 is 79.7 Å². The van der Waals surface area contributed by atoms with E-state index in [4.69, 9.17) is 9.47 Å². The summed E-state index contributed by atoms with van der Waals surface area (Å²) >= 11 is 1.48. The molecule has 2 atom stereocenters. The molecular formula is C87H96N2O10S. The molecule has 9 aromatic carbocycles. The number of carbonyl (C=O) groups is 8. The number of thiophene rings is 1. The lowest BCUT2D eigenvalue weighted by molar-refractivity contribution is -0.00523. The van der Waals surface area contributed by atoms with Gasteiger partial charge in [0, 0.05) is 76.5 Å². The Kier molecular flexibility index (Phi) is 33.2. The van der Waals surface area contributed by atoms with Gasteiger partial charge in [-0.15, -0.1) is 11.3 Å². The first kappa shape index (κ1) is 80.5. The van der Waals surface area contributed by atoms with E-state index in [0.717, 1.165) is 122 Å². The van der Waals surface area contributed by atoms with Crippen molar-refractivity contribution in [2.45, 2.75) is 116 Å². The summed E-state index contributed by atoms with van der Waals surface area (Å²) in [5.74, 6) is 1.03. The first-order valence-corrected chi connectivity index (χ1v) is 34.4. The Morgan fingerprint density at radius 1 is 0.360 bits per heavy atom. The molecule has 2 aliphatic rings. The molecule has 0 saturated carbocycles. The van der Waals surface area contributed by atoms with Crippen molar-refractivity contribution in [2.75, 3.05) is 49.2 Å². The van der Waals surface area contributed by atoms with Crippen LogP contribution in [0.4, 0.5) is 11.4 Å². The molecule has 0 bridgehead atoms. The number of fused-ring (bicyclic) bond motifs is 1. The molecule has 2 saturated heterocycles. The number of Topliss-reactive ketones (excluding diaryl/α,β-unsaturated/α-hetero) is 8. The van der Waals surface area contributed by atoms with E-state index in [0.29, 0.717) is 0 Å². The lowest BCUT2D eigenvalue weighted by Crippen LogP contribution is -2.45. The second kappa shape index (κ2) is 41.3. The third-order valence-electron chi connectivity index (χ3n) is 16.2. The van der Waals surface area contributed by atoms with Crippen LogP contribution in [-0.2, 0) is 9.47 Å². The van der Waals surface area contributed by atoms with E-state index in [9.17, 15) is 38.4 Å². The Labute approximate surface area is 596 Å². The van der Waals surface area contributed by atoms with Gasteiger partial charge in [-0.25, -0.2) is 0 Å². The molecule has 100 heavy (non-hydrogen) atoms. The average molecular weight is 1360 g/mol. The van der Waals surface area contributed by atoms with Crippen LogP contribution in [0.2, 0.25) is 0 Å². The number of hydrogen-bond acceptors (Lipinski definition) is 13. The predicted octanol–water partition coefficient (Wildman–Crippen LogP) is 20.0. The highest BCUT2D eigenvalue weighted by atomic mass is 32.1. The molecule has 3 heterocycles. The number of hydrogen-bond donors (Lipinski definition) is 0. The number of carbonyl (C=O) groups excluding carboxylic acids is 8. The third kappa shape index (κ3) is 26.9. The Bertz CT molecular complexity index is 4220. The SMILES string of the molecule is CC(=O)c1c(C)cc(C)cc1C.CC(=O)c1ccc(-c2ccccc2)cc1.CC(=O)c1ccc(N2CC(C)OC(C)C2)cc1.CC(=O)c1ccc(N2CCOCC2)cc1.CC(=O)c1ccc2ccccc2c1.CC(=O)c1ccccc1C.CC(=O)c1ccccc1C.CC(=O)c1cccs1. The molecule has 13 heteroatoms. The minimum absolute atomic E-state index is 0.106. The molecule has 12 rings (SSSR count). The minimum atomic E-state index is 0.106. The van der Waals surface area contributed by atoms with Gasteiger partial charge in [0.05, 0.1) is 30.3 Å². The van der Waals surface area contributed by atoms with E-state index < -0.39 is 0 Å². The Morgan fingerprint density at radius 3 is 1.15 bits per heavy atom. The van der Waals surface area contributed by atoms with Crippen molar-refractivity contribution in [2.24, 2.45) is 0 Å². The Balaban J connectivity index is 0.000000208. The van der Waals surface area contributed by atoms with E-state index in [1.807, 2.05) is 246 Å². The number of benzene rings is 9. The monoisotopic (exact) mass is 1360 g/mol. The number of anilines is 2. The van der Waals surface area contributed by atoms with E-state index in [1.165, 1.54) is 33.5 Å². The lowest BCUT2D eigenvalue weighted by Gasteiger charge is -2.36. The van der Waals surface area contributed by atoms with E-state index in [-0.39, 0.29) is 58.5 Å². The van der Waals surface area contributed by atoms with E-state index >= 15 is 0 Å². The Morgan fingerprint density at radius 2 is 0.760 bits per heavy atom. The zero-order valence-corrected chi connectivity index (χ0v) is 61.5. The predicted molar refractivity (Wildman–Crippen MR) is 411 cm³/mol. The molecule has 10 aromatic rings. The van der Waals surface area contributed by atoms with Crippen molar-refractivity contribution in [3.63, 3.8) is 0 Å². The van der Waals surface area contributed by atoms with Crippen LogP contribution in [0, 0.1) is 34.6 Å². The highest BCUT2D eigenvalue weighted by Gasteiger charge is 2.22. The highest BCUT2D eigenvalue weighted by Crippen LogP contribution is 2.24. The van der Waals surface area contributed by atoms with Gasteiger partial charge in [-0.3, -0.25) is 38.4 Å². The van der Waals surface area contributed by atoms with E-state index in [1.54, 1.807) is 55.4 Å². The standard InChI is InChI=1S/C14H19NO2.C14H12O.C12H15NO2.C12H10O.C11H14O.2C9H10O.C6H6OS/c1-10-8-15(9-11(2)17-10)14-6-4-13(5-7-14)12(3)16;1-11(15)12-7-9-14(10-8-12)13-5-3-2-4-6-13;1-10(14)11-2-4-12(5-3-11)13-6-8-15-9-7-13;1-9(13)11-7-6-10-4-2-3-5-12(10)8-11;1-7-5-8(2)11(10(4)12)9(3)6-7;2*1-7-5-3-4-6-9(7)8(2)10;1-5(7)6-3-2-4-8-6/h4-7,10-11H,8-9H2,1-3H3;2-10H,1H3;2-5H,6-9H2,1H3;2-8H,1H3;5-6H,1-4H3;2*3-6H,1-2H3;2-4H,1H3. The molecule has 0 amide bonds. The fraction of sp³-hybridized carbons (Fsp3) is 0.264. The fourth-order valence-electron chi connectivity index (χ4n) is 11.1. The summed E-state index contributed by atoms with van der Waals surface area (Å²) in [6, 6.07) is 70.2. The van der Waals surface area contributed by atoms with Crippen LogP contribution in [-0.4, -0.2) is 97.9 Å². The topological polar surface area (TPSA) is 161 Å². The summed E-state index contributed by atoms with van der Waals surface area (Å²) in [6.45, 7) is 32.0. The summed E-state index contributed by atoms with van der Waals surface area (Å²) in [4.78, 5) is 93.4. The summed E-state index contributed by atoms with van der Waals surface area (Å²) in [5.41, 5.74) is 15.7. The summed E-state index contributed by atoms with van der Waals surface area (Å²) in [7, 11) is 0. The number of aryl methyl sites for hydroxylation is 5. The van der Waals surface area contributed by atoms with Crippen LogP contribution in [0.25, 0.3) is 21.9 Å². The lowest BCUT2D eigenvalue weighted by atomic mass is 9.97. The molecule has 12 nitrogen and oxygen atoms in total. The van der Waals surface area contributed by atoms with Gasteiger partial charge in [0.2, 0.25) is 0 Å². The second-order valence-corrected chi connectivity index (χ2v) is 25.6. The van der Waals surface area contributed by atoms with Crippen LogP contribution in [0.15, 0.2) is 224 Å². The van der Waals surface area contributed by atoms with E-state index in [2.05, 4.69) is 35.8 Å². The number of ketones is 8. The number of rotatable bonds is 11. The smallest absolute Gasteiger partial charge is 0.169 e. The van der Waals surface area contributed by atoms with Crippen LogP contribution in [0.1, 0.15) is 179 Å². The third-order valence-corrected chi connectivity index (χ3v) is 17.2. The van der Waals surface area contributed by atoms with Crippen LogP contribution in [0.3, 0.4) is 0 Å². The molecule has 1 aromatic heterocycles. The highest BCUT2D eigenvalue weighted by molar-refractivity contribution is 7.12. The van der Waals surface area contributed by atoms with Gasteiger partial charge in [0.1, 0.15) is 0 Å². The van der Waals surface area contributed by atoms with Crippen molar-refractivity contribution in [3.05, 3.63) is 295 Å². The summed E-state index contributed by atoms with van der Waals surface area (Å²) < 4.78 is 11.0. The maximum absolute atomic E-state index is 11.2. The molecular weight excluding hydrogens is 1270 g/mol. The van der Waals surface area contributed by atoms with Crippen molar-refractivity contribution in [1.29, 1.82) is 0 Å². The number of ether oxygens (including phenoxy) is 2. The minimum Gasteiger partial charge on any atom is -0.378 e. The van der Waals surface area contributed by atoms with Gasteiger partial charge >= 0.3 is 0 Å². The quantitative estimate of drug-likeness (QED) is 0.113. The Hall–Kier alpha value is -10.2. The average Bonchev–Trinajstić information content (AvgIpc) is 1.38. The second-order valence-electron chi connectivity index (χ2n) is 24.7. The van der Waals surface area contributed by atoms with Gasteiger partial charge < -0.3 is 19.3 Å². The molecule has 2 unspecified atom stereocenters. The van der Waals surface area contributed by atoms with Crippen molar-refractivity contribution in [3.8, 4) is 11.1 Å². The fourth-order valence-corrected chi connectivity index (χ4v) is 11.7. The normalized spacial score (nSPS) is 13.3. The maximum Gasteiger partial charge on any atom is 0.169 e. The zero-order valence-electron chi connectivity index (χ0n) is 60.6. The van der Waals surface area contributed by atoms with Gasteiger partial charge in [0.15, 0.2) is 46.3 Å². The first-order chi connectivity index (χ1) is 47.6. The molecule has 2 aliphatic heterocycles. The molecule has 0 aliphatic carbocycles. The van der Waals surface area contributed by atoms with Gasteiger partial charge in [-0.05, 0) is 214 Å².